The van der Waals surface area contributed by atoms with Crippen molar-refractivity contribution in [3.63, 3.8) is 0 Å². The molecule has 0 saturated heterocycles. The van der Waals surface area contributed by atoms with Gasteiger partial charge in [-0.05, 0) is 164 Å². The zero-order valence-electron chi connectivity index (χ0n) is 75.4. The van der Waals surface area contributed by atoms with Gasteiger partial charge in [0.05, 0.1) is 6.04 Å². The van der Waals surface area contributed by atoms with Gasteiger partial charge in [0.25, 0.3) is 0 Å². The van der Waals surface area contributed by atoms with Crippen LogP contribution in [0.1, 0.15) is 150 Å². The second-order valence-electron chi connectivity index (χ2n) is 31.5. The molecule has 1 aromatic heterocycles. The number of hydrogen-bond donors (Lipinski definition) is 18. The van der Waals surface area contributed by atoms with Crippen LogP contribution in [0.15, 0.2) is 145 Å². The highest BCUT2D eigenvalue weighted by Gasteiger charge is 2.30. The van der Waals surface area contributed by atoms with E-state index in [0.29, 0.717) is 114 Å². The third-order valence-corrected chi connectivity index (χ3v) is 24.4. The maximum atomic E-state index is 15.1. The first-order chi connectivity index (χ1) is 64.4. The molecule has 1 heterocycles. The van der Waals surface area contributed by atoms with Crippen molar-refractivity contribution in [3.8, 4) is 0 Å². The Hall–Kier alpha value is -10.4. The average molecular weight is 2110 g/mol. The number of ether oxygens (including phenoxy) is 4. The topological polar surface area (TPSA) is 542 Å². The Morgan fingerprint density at radius 3 is 0.917 bits per heavy atom. The van der Waals surface area contributed by atoms with Crippen molar-refractivity contribution in [2.24, 2.45) is 22.9 Å². The predicted octanol–water partition coefficient (Wildman–Crippen LogP) is 7.21. The SMILES string of the molecule is NCCCC[C@H](NC(=O)OCc1ccccc1Br)C(=O)NCCNC(=O)CCN(CCCC[C@@H](C(=O)NCCc1cc2ccccc2[nH]1)N(CCC(=O)NCCNC(=O)[C@H](CCCCN)NC(=O)OCc1ccccc1Br)CCC(=O)NCCNC(=O)[C@H](CCCCN)NC(=O)OCc1ccccc1Br)CCC(=O)NCCNC(=O)[C@H](CCCCN)NC(=O)OCc1ccccc1Br. The number of carbonyl (C=O) groups is 13. The van der Waals surface area contributed by atoms with Crippen LogP contribution in [0.25, 0.3) is 10.9 Å². The molecule has 730 valence electrons. The number of H-pyrrole nitrogens is 1. The number of fused-ring (bicyclic) bond motifs is 1. The highest BCUT2D eigenvalue weighted by atomic mass is 79.9. The molecule has 0 bridgehead atoms. The number of carbonyl (C=O) groups excluding carboxylic acids is 13. The van der Waals surface area contributed by atoms with E-state index in [1.54, 1.807) is 53.4 Å². The van der Waals surface area contributed by atoms with Crippen molar-refractivity contribution >= 4 is 152 Å². The van der Waals surface area contributed by atoms with Gasteiger partial charge >= 0.3 is 24.4 Å². The van der Waals surface area contributed by atoms with Gasteiger partial charge < -0.3 is 121 Å². The third-order valence-electron chi connectivity index (χ3n) is 21.3. The molecule has 41 heteroatoms. The molecule has 0 saturated carbocycles. The Kier molecular flexibility index (Phi) is 55.4. The van der Waals surface area contributed by atoms with E-state index in [0.717, 1.165) is 45.6 Å². The molecule has 6 aromatic rings. The summed E-state index contributed by atoms with van der Waals surface area (Å²) in [4.78, 5) is 184. The van der Waals surface area contributed by atoms with E-state index < -0.39 is 95.9 Å². The Morgan fingerprint density at radius 1 is 0.316 bits per heavy atom. The zero-order valence-corrected chi connectivity index (χ0v) is 81.7. The van der Waals surface area contributed by atoms with Gasteiger partial charge in [-0.1, -0.05) is 161 Å². The van der Waals surface area contributed by atoms with Crippen LogP contribution in [0.5, 0.6) is 0 Å². The van der Waals surface area contributed by atoms with Crippen molar-refractivity contribution in [2.45, 2.75) is 185 Å². The van der Waals surface area contributed by atoms with E-state index in [1.165, 1.54) is 0 Å². The number of aromatic amines is 1. The summed E-state index contributed by atoms with van der Waals surface area (Å²) < 4.78 is 24.8. The van der Waals surface area contributed by atoms with E-state index in [9.17, 15) is 57.5 Å². The Morgan fingerprint density at radius 2 is 0.602 bits per heavy atom. The van der Waals surface area contributed by atoms with Gasteiger partial charge in [-0.2, -0.15) is 0 Å². The molecule has 6 rings (SSSR count). The molecular formula is C92H132Br4N20O17. The summed E-state index contributed by atoms with van der Waals surface area (Å²) in [6, 6.07) is 33.8. The lowest BCUT2D eigenvalue weighted by atomic mass is 10.0. The second kappa shape index (κ2) is 66.1. The number of halogens is 4. The first-order valence-electron chi connectivity index (χ1n) is 45.3. The maximum Gasteiger partial charge on any atom is 0.408 e. The van der Waals surface area contributed by atoms with Crippen LogP contribution in [0.4, 0.5) is 19.2 Å². The van der Waals surface area contributed by atoms with Crippen molar-refractivity contribution in [1.29, 1.82) is 0 Å². The standard InChI is InChI=1S/C92H132Br4N20O17/c93-70-26-6-1-22-65(70)60-130-89(126)111-75(31-11-16-41-97)84(121)106-50-46-101-80(117)37-55-115(56-38-81(118)102-47-51-107-85(122)76(32-12-17-42-98)112-90(127)131-61-66-23-2-7-27-71(66)94)54-20-15-35-79(88(125)105-45-36-69-59-64-21-5-10-30-74(64)110-69)116(57-39-82(119)103-48-52-108-86(123)77(33-13-18-43-99)113-91(128)132-62-67-24-3-8-28-72(67)95)58-40-83(120)104-49-53-109-87(124)78(34-14-19-44-100)114-92(129)133-63-68-25-4-9-29-73(68)96/h1-10,21-30,59,75-79,110H,11-20,31-58,60-63,97-100H2,(H,101,117)(H,102,118)(H,103,119)(H,104,120)(H,105,125)(H,106,121)(H,107,122)(H,108,123)(H,109,124)(H,111,126)(H,112,127)(H,113,128)(H,114,129)/t75-,76-,77-,78-,79-/m0/s1. The zero-order chi connectivity index (χ0) is 96.2. The molecule has 0 unspecified atom stereocenters. The summed E-state index contributed by atoms with van der Waals surface area (Å²) in [5.74, 6) is -4.10. The van der Waals surface area contributed by atoms with Crippen molar-refractivity contribution in [3.05, 3.63) is 173 Å². The molecule has 5 atom stereocenters. The molecule has 0 spiro atoms. The van der Waals surface area contributed by atoms with Crippen molar-refractivity contribution in [2.75, 3.05) is 118 Å². The molecule has 0 fully saturated rings. The molecule has 0 aliphatic carbocycles. The highest BCUT2D eigenvalue weighted by Crippen LogP contribution is 2.23. The van der Waals surface area contributed by atoms with Crippen LogP contribution in [-0.2, 0) is 94.9 Å². The first kappa shape index (κ1) is 111. The number of nitrogens with two attached hydrogens (primary N) is 4. The van der Waals surface area contributed by atoms with E-state index in [2.05, 4.69) is 138 Å². The number of rotatable bonds is 66. The lowest BCUT2D eigenvalue weighted by molar-refractivity contribution is -0.129. The summed E-state index contributed by atoms with van der Waals surface area (Å²) in [6.45, 7) is 1.84. The van der Waals surface area contributed by atoms with Crippen LogP contribution in [0.3, 0.4) is 0 Å². The molecule has 133 heavy (non-hydrogen) atoms. The van der Waals surface area contributed by atoms with Crippen molar-refractivity contribution < 1.29 is 81.3 Å². The molecule has 0 radical (unpaired) electrons. The van der Waals surface area contributed by atoms with Crippen LogP contribution >= 0.6 is 63.7 Å². The second-order valence-corrected chi connectivity index (χ2v) is 34.9. The number of aromatic nitrogens is 1. The Bertz CT molecular complexity index is 4340. The van der Waals surface area contributed by atoms with Crippen LogP contribution in [0.2, 0.25) is 0 Å². The lowest BCUT2D eigenvalue weighted by Gasteiger charge is -2.31. The highest BCUT2D eigenvalue weighted by molar-refractivity contribution is 9.11. The minimum Gasteiger partial charge on any atom is -0.445 e. The summed E-state index contributed by atoms with van der Waals surface area (Å²) in [6.07, 6.45) is 3.17. The average Bonchev–Trinajstić information content (AvgIpc) is 1.71. The molecule has 0 aliphatic heterocycles. The van der Waals surface area contributed by atoms with Gasteiger partial charge in [0.2, 0.25) is 53.2 Å². The molecule has 22 N–H and O–H groups in total. The number of benzene rings is 5. The number of para-hydroxylation sites is 1. The van der Waals surface area contributed by atoms with E-state index in [1.807, 2.05) is 83.8 Å². The van der Waals surface area contributed by atoms with Gasteiger partial charge in [-0.15, -0.1) is 0 Å². The smallest absolute Gasteiger partial charge is 0.408 e. The summed E-state index contributed by atoms with van der Waals surface area (Å²) in [7, 11) is 0. The number of unbranched alkanes of at least 4 members (excludes halogenated alkanes) is 5. The normalized spacial score (nSPS) is 12.2. The van der Waals surface area contributed by atoms with Gasteiger partial charge in [0, 0.05) is 169 Å². The monoisotopic (exact) mass is 2100 g/mol. The number of nitrogens with one attached hydrogen (secondary N) is 14. The molecule has 13 amide bonds. The van der Waals surface area contributed by atoms with Gasteiger partial charge in [0.15, 0.2) is 0 Å². The minimum atomic E-state index is -0.990. The van der Waals surface area contributed by atoms with Crippen LogP contribution in [0, 0.1) is 0 Å². The Balaban J connectivity index is 1.18. The fourth-order valence-corrected chi connectivity index (χ4v) is 15.4. The van der Waals surface area contributed by atoms with Crippen LogP contribution < -0.4 is 92.1 Å². The predicted molar refractivity (Wildman–Crippen MR) is 520 cm³/mol. The minimum absolute atomic E-state index is 0.00295. The Labute approximate surface area is 810 Å². The summed E-state index contributed by atoms with van der Waals surface area (Å²) in [5, 5.41) is 37.3. The number of hydrogen-bond acceptors (Lipinski definition) is 23. The van der Waals surface area contributed by atoms with Gasteiger partial charge in [0.1, 0.15) is 50.6 Å². The van der Waals surface area contributed by atoms with E-state index in [-0.39, 0.29) is 181 Å². The largest absolute Gasteiger partial charge is 0.445 e. The number of alkyl carbamates (subject to hydrolysis) is 4. The van der Waals surface area contributed by atoms with Gasteiger partial charge in [-0.3, -0.25) is 48.1 Å². The molecule has 0 aliphatic rings. The molecule has 37 nitrogen and oxygen atoms in total. The molecule has 5 aromatic carbocycles. The first-order valence-corrected chi connectivity index (χ1v) is 48.5. The fraction of sp³-hybridized carbons (Fsp3) is 0.511. The van der Waals surface area contributed by atoms with E-state index >= 15 is 4.79 Å². The third kappa shape index (κ3) is 46.4. The fourth-order valence-electron chi connectivity index (χ4n) is 13.8. The quantitative estimate of drug-likeness (QED) is 0.0132. The molecular weight excluding hydrogens is 1980 g/mol. The van der Waals surface area contributed by atoms with Crippen molar-refractivity contribution in [1.82, 2.24) is 83.9 Å². The maximum absolute atomic E-state index is 15.1. The number of nitrogens with zero attached hydrogens (tertiary/aromatic N) is 2. The summed E-state index contributed by atoms with van der Waals surface area (Å²) in [5.41, 5.74) is 27.7. The van der Waals surface area contributed by atoms with Gasteiger partial charge in [-0.25, -0.2) is 19.2 Å². The number of amides is 13. The summed E-state index contributed by atoms with van der Waals surface area (Å²) >= 11 is 13.8. The van der Waals surface area contributed by atoms with E-state index in [4.69, 9.17) is 41.9 Å². The van der Waals surface area contributed by atoms with Crippen LogP contribution in [-0.4, -0.2) is 240 Å². The lowest BCUT2D eigenvalue weighted by Crippen LogP contribution is -2.50.